The van der Waals surface area contributed by atoms with Crippen LogP contribution >= 0.6 is 11.6 Å². The number of nitrogens with zero attached hydrogens (tertiary/aromatic N) is 2. The summed E-state index contributed by atoms with van der Waals surface area (Å²) < 4.78 is 20.7. The van der Waals surface area contributed by atoms with Crippen molar-refractivity contribution in [2.24, 2.45) is 0 Å². The van der Waals surface area contributed by atoms with E-state index in [1.165, 1.54) is 18.3 Å². The maximum atomic E-state index is 14.6. The standard InChI is InChI=1S/C18H12ClFN2O4/c1-2-8-22-17-10(4-3-7-21-17)15(24)14(18(22)25)13-12(20)6-5-11(19)16(13)26-9-23/h1,3-7,23-24H,8-9H2. The minimum Gasteiger partial charge on any atom is -0.506 e. The first-order valence-corrected chi connectivity index (χ1v) is 7.75. The Kier molecular flexibility index (Phi) is 4.80. The van der Waals surface area contributed by atoms with Gasteiger partial charge in [0.2, 0.25) is 0 Å². The average molecular weight is 375 g/mol. The molecule has 0 saturated carbocycles. The van der Waals surface area contributed by atoms with Gasteiger partial charge in [-0.3, -0.25) is 9.36 Å². The topological polar surface area (TPSA) is 84.6 Å². The lowest BCUT2D eigenvalue weighted by Crippen LogP contribution is -2.23. The van der Waals surface area contributed by atoms with Gasteiger partial charge in [0.1, 0.15) is 17.2 Å². The number of fused-ring (bicyclic) bond motifs is 1. The molecule has 0 radical (unpaired) electrons. The number of terminal acetylenes is 1. The summed E-state index contributed by atoms with van der Waals surface area (Å²) in [6, 6.07) is 5.31. The van der Waals surface area contributed by atoms with Crippen LogP contribution in [0.2, 0.25) is 5.02 Å². The van der Waals surface area contributed by atoms with Crippen LogP contribution in [0.3, 0.4) is 0 Å². The van der Waals surface area contributed by atoms with E-state index in [9.17, 15) is 14.3 Å². The number of halogens is 2. The summed E-state index contributed by atoms with van der Waals surface area (Å²) in [7, 11) is 0. The predicted octanol–water partition coefficient (Wildman–Crippen LogP) is 2.52. The van der Waals surface area contributed by atoms with Crippen LogP contribution in [-0.2, 0) is 6.54 Å². The first-order valence-electron chi connectivity index (χ1n) is 7.37. The molecule has 26 heavy (non-hydrogen) atoms. The number of aromatic hydroxyl groups is 1. The predicted molar refractivity (Wildman–Crippen MR) is 94.6 cm³/mol. The fourth-order valence-electron chi connectivity index (χ4n) is 2.70. The number of ether oxygens (including phenoxy) is 1. The molecule has 0 aliphatic rings. The van der Waals surface area contributed by atoms with Gasteiger partial charge >= 0.3 is 0 Å². The Bertz CT molecular complexity index is 1110. The molecule has 0 atom stereocenters. The molecular weight excluding hydrogens is 363 g/mol. The summed E-state index contributed by atoms with van der Waals surface area (Å²) in [6.45, 7) is -0.942. The summed E-state index contributed by atoms with van der Waals surface area (Å²) in [4.78, 5) is 17.0. The Morgan fingerprint density at radius 2 is 2.12 bits per heavy atom. The summed E-state index contributed by atoms with van der Waals surface area (Å²) in [5, 5.41) is 19.9. The molecule has 0 unspecified atom stereocenters. The Hall–Kier alpha value is -3.08. The highest BCUT2D eigenvalue weighted by Crippen LogP contribution is 2.42. The fraction of sp³-hybridized carbons (Fsp3) is 0.111. The van der Waals surface area contributed by atoms with Gasteiger partial charge in [0.25, 0.3) is 5.56 Å². The van der Waals surface area contributed by atoms with Crippen LogP contribution in [0.15, 0.2) is 35.3 Å². The highest BCUT2D eigenvalue weighted by atomic mass is 35.5. The van der Waals surface area contributed by atoms with E-state index in [0.717, 1.165) is 10.6 Å². The van der Waals surface area contributed by atoms with Gasteiger partial charge in [0.05, 0.1) is 28.1 Å². The normalized spacial score (nSPS) is 10.7. The van der Waals surface area contributed by atoms with Crippen LogP contribution in [0.4, 0.5) is 4.39 Å². The minimum atomic E-state index is -0.860. The molecule has 2 N–H and O–H groups in total. The van der Waals surface area contributed by atoms with E-state index in [2.05, 4.69) is 10.9 Å². The molecule has 1 aromatic carbocycles. The van der Waals surface area contributed by atoms with Crippen molar-refractivity contribution in [1.82, 2.24) is 9.55 Å². The number of rotatable bonds is 4. The van der Waals surface area contributed by atoms with Gasteiger partial charge in [-0.05, 0) is 24.3 Å². The van der Waals surface area contributed by atoms with Gasteiger partial charge in [-0.15, -0.1) is 6.42 Å². The van der Waals surface area contributed by atoms with Gasteiger partial charge in [0.15, 0.2) is 12.5 Å². The quantitative estimate of drug-likeness (QED) is 0.541. The summed E-state index contributed by atoms with van der Waals surface area (Å²) in [5.74, 6) is 0.714. The highest BCUT2D eigenvalue weighted by Gasteiger charge is 2.25. The molecule has 0 fully saturated rings. The van der Waals surface area contributed by atoms with Crippen molar-refractivity contribution in [2.45, 2.75) is 6.54 Å². The van der Waals surface area contributed by atoms with Crippen molar-refractivity contribution in [2.75, 3.05) is 6.79 Å². The third-order valence-corrected chi connectivity index (χ3v) is 4.06. The van der Waals surface area contributed by atoms with Crippen LogP contribution in [0, 0.1) is 18.2 Å². The van der Waals surface area contributed by atoms with Crippen molar-refractivity contribution in [1.29, 1.82) is 0 Å². The van der Waals surface area contributed by atoms with Crippen LogP contribution in [0.25, 0.3) is 22.2 Å². The van der Waals surface area contributed by atoms with E-state index >= 15 is 0 Å². The fourth-order valence-corrected chi connectivity index (χ4v) is 2.91. The molecule has 0 aliphatic carbocycles. The lowest BCUT2D eigenvalue weighted by molar-refractivity contribution is 0.0988. The second-order valence-electron chi connectivity index (χ2n) is 5.20. The molecule has 0 bridgehead atoms. The summed E-state index contributed by atoms with van der Waals surface area (Å²) in [6.07, 6.45) is 6.76. The zero-order valence-corrected chi connectivity index (χ0v) is 14.0. The first kappa shape index (κ1) is 17.7. The van der Waals surface area contributed by atoms with E-state index in [4.69, 9.17) is 27.9 Å². The molecule has 0 amide bonds. The molecule has 0 aliphatic heterocycles. The number of aromatic nitrogens is 2. The minimum absolute atomic E-state index is 0.0379. The lowest BCUT2D eigenvalue weighted by atomic mass is 10.0. The van der Waals surface area contributed by atoms with Gasteiger partial charge in [-0.2, -0.15) is 0 Å². The molecule has 8 heteroatoms. The number of benzene rings is 1. The molecule has 2 heterocycles. The van der Waals surface area contributed by atoms with Gasteiger partial charge < -0.3 is 14.9 Å². The molecule has 3 rings (SSSR count). The monoisotopic (exact) mass is 374 g/mol. The van der Waals surface area contributed by atoms with Crippen molar-refractivity contribution in [3.8, 4) is 35.0 Å². The maximum absolute atomic E-state index is 14.6. The highest BCUT2D eigenvalue weighted by molar-refractivity contribution is 6.32. The molecular formula is C18H12ClFN2O4. The Morgan fingerprint density at radius 1 is 1.35 bits per heavy atom. The van der Waals surface area contributed by atoms with Crippen LogP contribution < -0.4 is 10.3 Å². The van der Waals surface area contributed by atoms with Crippen LogP contribution in [-0.4, -0.2) is 26.6 Å². The third-order valence-electron chi connectivity index (χ3n) is 3.76. The van der Waals surface area contributed by atoms with Crippen molar-refractivity contribution in [3.05, 3.63) is 51.7 Å². The Labute approximate surface area is 152 Å². The Balaban J connectivity index is 2.51. The van der Waals surface area contributed by atoms with Crippen molar-refractivity contribution >= 4 is 22.6 Å². The molecule has 2 aromatic heterocycles. The van der Waals surface area contributed by atoms with E-state index in [1.807, 2.05) is 0 Å². The average Bonchev–Trinajstić information content (AvgIpc) is 2.64. The molecule has 0 saturated heterocycles. The second-order valence-corrected chi connectivity index (χ2v) is 5.61. The molecule has 132 valence electrons. The Morgan fingerprint density at radius 3 is 2.81 bits per heavy atom. The number of aliphatic hydroxyl groups is 1. The number of aliphatic hydroxyl groups excluding tert-OH is 1. The second kappa shape index (κ2) is 7.04. The van der Waals surface area contributed by atoms with Crippen molar-refractivity contribution in [3.63, 3.8) is 0 Å². The van der Waals surface area contributed by atoms with Crippen LogP contribution in [0.1, 0.15) is 0 Å². The smallest absolute Gasteiger partial charge is 0.264 e. The maximum Gasteiger partial charge on any atom is 0.264 e. The zero-order valence-electron chi connectivity index (χ0n) is 13.2. The van der Waals surface area contributed by atoms with Gasteiger partial charge in [-0.25, -0.2) is 9.37 Å². The van der Waals surface area contributed by atoms with Crippen molar-refractivity contribution < 1.29 is 19.3 Å². The lowest BCUT2D eigenvalue weighted by Gasteiger charge is -2.16. The number of hydrogen-bond acceptors (Lipinski definition) is 5. The van der Waals surface area contributed by atoms with Gasteiger partial charge in [0, 0.05) is 6.20 Å². The van der Waals surface area contributed by atoms with Crippen LogP contribution in [0.5, 0.6) is 11.5 Å². The van der Waals surface area contributed by atoms with E-state index in [-0.39, 0.29) is 39.5 Å². The van der Waals surface area contributed by atoms with Gasteiger partial charge in [-0.1, -0.05) is 17.5 Å². The number of hydrogen-bond donors (Lipinski definition) is 2. The molecule has 3 aromatic rings. The summed E-state index contributed by atoms with van der Waals surface area (Å²) in [5.41, 5.74) is -1.37. The third kappa shape index (κ3) is 2.75. The van der Waals surface area contributed by atoms with E-state index < -0.39 is 23.9 Å². The molecule has 6 nitrogen and oxygen atoms in total. The van der Waals surface area contributed by atoms with E-state index in [1.54, 1.807) is 6.07 Å². The number of pyridine rings is 2. The first-order chi connectivity index (χ1) is 12.5. The zero-order chi connectivity index (χ0) is 18.8. The summed E-state index contributed by atoms with van der Waals surface area (Å²) >= 11 is 6.02. The SMILES string of the molecule is C#CCn1c(=O)c(-c2c(F)ccc(Cl)c2OCO)c(O)c2cccnc21. The largest absolute Gasteiger partial charge is 0.506 e. The van der Waals surface area contributed by atoms with E-state index in [0.29, 0.717) is 0 Å². The molecule has 0 spiro atoms.